The Labute approximate surface area is 301 Å². The zero-order valence-corrected chi connectivity index (χ0v) is 28.5. The number of benzene rings is 4. The molecule has 1 fully saturated rings. The van der Waals surface area contributed by atoms with Crippen LogP contribution in [-0.4, -0.2) is 65.2 Å². The van der Waals surface area contributed by atoms with Crippen LogP contribution in [0.2, 0.25) is 0 Å². The number of phenols is 1. The molecule has 3 unspecified atom stereocenters. The van der Waals surface area contributed by atoms with Gasteiger partial charge in [-0.1, -0.05) is 78.9 Å². The maximum Gasteiger partial charge on any atom is 0.338 e. The van der Waals surface area contributed by atoms with Crippen LogP contribution in [0, 0.1) is 0 Å². The fourth-order valence-electron chi connectivity index (χ4n) is 7.03. The molecule has 1 saturated heterocycles. The van der Waals surface area contributed by atoms with E-state index in [2.05, 4.69) is 22.8 Å². The molecule has 3 atom stereocenters. The van der Waals surface area contributed by atoms with Crippen LogP contribution in [0.3, 0.4) is 0 Å². The van der Waals surface area contributed by atoms with Gasteiger partial charge in [0.25, 0.3) is 5.91 Å². The van der Waals surface area contributed by atoms with Crippen LogP contribution in [0.15, 0.2) is 115 Å². The number of aliphatic hydroxyl groups excluding tert-OH is 1. The molecule has 52 heavy (non-hydrogen) atoms. The molecule has 10 nitrogen and oxygen atoms in total. The van der Waals surface area contributed by atoms with E-state index in [1.165, 1.54) is 0 Å². The van der Waals surface area contributed by atoms with Crippen LogP contribution in [0.1, 0.15) is 55.0 Å². The number of carbonyl (C=O) groups excluding carboxylic acids is 3. The number of phenolic OH excluding ortho intramolecular Hbond substituents is 1. The molecule has 4 aromatic rings. The highest BCUT2D eigenvalue weighted by molar-refractivity contribution is 5.95. The SMILES string of the molecule is O=C(NCc1cccc(C(=O)NCCO)c1)C1=CC2OC3(Cc4ccccc4C3)OC2C(OC(=O)c2cccc(C=CCc3ccccc3O)c2)C1. The van der Waals surface area contributed by atoms with Crippen molar-refractivity contribution >= 4 is 23.9 Å². The number of carbonyl (C=O) groups is 3. The zero-order valence-electron chi connectivity index (χ0n) is 28.5. The predicted molar refractivity (Wildman–Crippen MR) is 193 cm³/mol. The Morgan fingerprint density at radius 1 is 0.846 bits per heavy atom. The second-order valence-electron chi connectivity index (χ2n) is 13.3. The summed E-state index contributed by atoms with van der Waals surface area (Å²) in [5.74, 6) is -1.90. The Balaban J connectivity index is 1.07. The summed E-state index contributed by atoms with van der Waals surface area (Å²) in [5.41, 5.74) is 5.77. The third-order valence-corrected chi connectivity index (χ3v) is 9.57. The Kier molecular flexibility index (Phi) is 10.3. The first kappa shape index (κ1) is 34.9. The number of ether oxygens (including phenoxy) is 3. The van der Waals surface area contributed by atoms with Crippen molar-refractivity contribution in [2.24, 2.45) is 0 Å². The molecule has 2 amide bonds. The fourth-order valence-corrected chi connectivity index (χ4v) is 7.03. The lowest BCUT2D eigenvalue weighted by Crippen LogP contribution is -2.43. The molecule has 10 heteroatoms. The van der Waals surface area contributed by atoms with E-state index >= 15 is 0 Å². The first-order valence-electron chi connectivity index (χ1n) is 17.4. The van der Waals surface area contributed by atoms with E-state index in [0.717, 1.165) is 27.8 Å². The average Bonchev–Trinajstić information content (AvgIpc) is 3.71. The van der Waals surface area contributed by atoms with Crippen LogP contribution >= 0.6 is 0 Å². The van der Waals surface area contributed by atoms with Crippen molar-refractivity contribution < 1.29 is 38.8 Å². The Hall–Kier alpha value is -5.55. The second-order valence-corrected chi connectivity index (χ2v) is 13.3. The third-order valence-electron chi connectivity index (χ3n) is 9.57. The average molecular weight is 701 g/mol. The fraction of sp³-hybridized carbons (Fsp3) is 0.262. The predicted octanol–water partition coefficient (Wildman–Crippen LogP) is 4.82. The number of hydrogen-bond donors (Lipinski definition) is 4. The molecule has 266 valence electrons. The molecule has 0 bridgehead atoms. The number of nitrogens with one attached hydrogen (secondary N) is 2. The minimum absolute atomic E-state index is 0.120. The molecule has 4 aromatic carbocycles. The number of esters is 1. The number of para-hydroxylation sites is 1. The van der Waals surface area contributed by atoms with Gasteiger partial charge < -0.3 is 35.1 Å². The van der Waals surface area contributed by atoms with Crippen molar-refractivity contribution in [2.75, 3.05) is 13.2 Å². The lowest BCUT2D eigenvalue weighted by molar-refractivity contribution is -0.172. The molecule has 0 radical (unpaired) electrons. The molecular weight excluding hydrogens is 660 g/mol. The van der Waals surface area contributed by atoms with E-state index in [-0.39, 0.29) is 43.7 Å². The van der Waals surface area contributed by atoms with Crippen molar-refractivity contribution in [3.8, 4) is 5.75 Å². The number of aromatic hydroxyl groups is 1. The van der Waals surface area contributed by atoms with Crippen molar-refractivity contribution in [2.45, 2.75) is 56.3 Å². The van der Waals surface area contributed by atoms with Crippen molar-refractivity contribution in [3.63, 3.8) is 0 Å². The molecular formula is C42H40N2O8. The summed E-state index contributed by atoms with van der Waals surface area (Å²) in [7, 11) is 0. The summed E-state index contributed by atoms with van der Waals surface area (Å²) in [6.45, 7) is 0.143. The van der Waals surface area contributed by atoms with Crippen LogP contribution in [0.5, 0.6) is 5.75 Å². The molecule has 1 spiro atoms. The topological polar surface area (TPSA) is 143 Å². The van der Waals surface area contributed by atoms with E-state index < -0.39 is 30.1 Å². The third kappa shape index (κ3) is 7.84. The number of amides is 2. The lowest BCUT2D eigenvalue weighted by atomic mass is 9.91. The van der Waals surface area contributed by atoms with Gasteiger partial charge in [0.1, 0.15) is 24.1 Å². The van der Waals surface area contributed by atoms with Crippen molar-refractivity contribution in [1.29, 1.82) is 0 Å². The van der Waals surface area contributed by atoms with Crippen LogP contribution in [-0.2, 0) is 44.8 Å². The summed E-state index contributed by atoms with van der Waals surface area (Å²) in [4.78, 5) is 39.7. The Bertz CT molecular complexity index is 2010. The first-order chi connectivity index (χ1) is 25.3. The summed E-state index contributed by atoms with van der Waals surface area (Å²) >= 11 is 0. The van der Waals surface area contributed by atoms with Gasteiger partial charge in [-0.25, -0.2) is 4.79 Å². The van der Waals surface area contributed by atoms with Gasteiger partial charge in [-0.05, 0) is 70.6 Å². The van der Waals surface area contributed by atoms with E-state index in [1.54, 1.807) is 54.6 Å². The largest absolute Gasteiger partial charge is 0.508 e. The van der Waals surface area contributed by atoms with Gasteiger partial charge in [0.2, 0.25) is 5.91 Å². The van der Waals surface area contributed by atoms with Gasteiger partial charge in [-0.2, -0.15) is 0 Å². The molecule has 0 saturated carbocycles. The highest BCUT2D eigenvalue weighted by Gasteiger charge is 2.55. The lowest BCUT2D eigenvalue weighted by Gasteiger charge is -2.30. The Morgan fingerprint density at radius 2 is 1.60 bits per heavy atom. The minimum atomic E-state index is -0.930. The standard InChI is InChI=1S/C42H40N2O8/c45-19-18-43-39(47)30-15-7-10-28(21-30)26-44-40(48)34-22-36(38-37(23-34)51-42(52-38)24-32-12-1-2-13-33(32)25-42)50-41(49)31-16-6-9-27(20-31)8-5-14-29-11-3-4-17-35(29)46/h1-13,15-17,20-21,23,36-38,45-46H,14,18-19,22,24-26H2,(H,43,47)(H,44,48). The van der Waals surface area contributed by atoms with E-state index in [4.69, 9.17) is 19.3 Å². The van der Waals surface area contributed by atoms with Gasteiger partial charge in [-0.3, -0.25) is 9.59 Å². The smallest absolute Gasteiger partial charge is 0.338 e. The van der Waals surface area contributed by atoms with Gasteiger partial charge in [0.05, 0.1) is 12.2 Å². The number of allylic oxidation sites excluding steroid dienone is 1. The monoisotopic (exact) mass is 700 g/mol. The molecule has 1 heterocycles. The summed E-state index contributed by atoms with van der Waals surface area (Å²) in [6, 6.07) is 29.2. The molecule has 1 aliphatic heterocycles. The molecule has 4 N–H and O–H groups in total. The number of fused-ring (bicyclic) bond motifs is 2. The van der Waals surface area contributed by atoms with E-state index in [9.17, 15) is 19.5 Å². The number of aliphatic hydroxyl groups is 1. The molecule has 7 rings (SSSR count). The van der Waals surface area contributed by atoms with E-state index in [1.807, 2.05) is 48.6 Å². The molecule has 3 aliphatic rings. The minimum Gasteiger partial charge on any atom is -0.508 e. The number of rotatable bonds is 11. The van der Waals surface area contributed by atoms with Crippen LogP contribution in [0.4, 0.5) is 0 Å². The zero-order chi connectivity index (χ0) is 36.1. The summed E-state index contributed by atoms with van der Waals surface area (Å²) in [5, 5.41) is 24.7. The van der Waals surface area contributed by atoms with Crippen LogP contribution in [0.25, 0.3) is 6.08 Å². The number of hydrogen-bond acceptors (Lipinski definition) is 8. The normalized spacial score (nSPS) is 19.9. The second kappa shape index (κ2) is 15.4. The molecule has 2 aliphatic carbocycles. The van der Waals surface area contributed by atoms with Crippen molar-refractivity contribution in [1.82, 2.24) is 10.6 Å². The first-order valence-corrected chi connectivity index (χ1v) is 17.4. The highest BCUT2D eigenvalue weighted by atomic mass is 16.8. The quantitative estimate of drug-likeness (QED) is 0.163. The Morgan fingerprint density at radius 3 is 2.38 bits per heavy atom. The van der Waals surface area contributed by atoms with Gasteiger partial charge in [-0.15, -0.1) is 0 Å². The summed E-state index contributed by atoms with van der Waals surface area (Å²) in [6.07, 6.45) is 5.28. The molecule has 0 aromatic heterocycles. The highest BCUT2D eigenvalue weighted by Crippen LogP contribution is 2.45. The maximum absolute atomic E-state index is 13.7. The van der Waals surface area contributed by atoms with Crippen molar-refractivity contribution in [3.05, 3.63) is 154 Å². The van der Waals surface area contributed by atoms with Gasteiger partial charge in [0.15, 0.2) is 5.79 Å². The maximum atomic E-state index is 13.7. The van der Waals surface area contributed by atoms with Crippen LogP contribution < -0.4 is 10.6 Å². The van der Waals surface area contributed by atoms with Gasteiger partial charge >= 0.3 is 5.97 Å². The van der Waals surface area contributed by atoms with Gasteiger partial charge in [0, 0.05) is 43.5 Å². The van der Waals surface area contributed by atoms with E-state index in [0.29, 0.717) is 36.0 Å². The summed E-state index contributed by atoms with van der Waals surface area (Å²) < 4.78 is 19.4.